The molecule has 1 spiro atoms. The lowest BCUT2D eigenvalue weighted by atomic mass is 9.87. The zero-order valence-electron chi connectivity index (χ0n) is 14.3. The van der Waals surface area contributed by atoms with Crippen LogP contribution in [-0.2, 0) is 15.8 Å². The van der Waals surface area contributed by atoms with Crippen molar-refractivity contribution >= 4 is 22.9 Å². The van der Waals surface area contributed by atoms with E-state index in [1.54, 1.807) is 0 Å². The number of carbonyl (C=O) groups is 2. The summed E-state index contributed by atoms with van der Waals surface area (Å²) in [6.45, 7) is 6.40. The van der Waals surface area contributed by atoms with Gasteiger partial charge in [0, 0.05) is 12.5 Å². The number of urea groups is 1. The minimum Gasteiger partial charge on any atom is -0.323 e. The predicted octanol–water partition coefficient (Wildman–Crippen LogP) is 2.01. The van der Waals surface area contributed by atoms with Crippen LogP contribution in [-0.4, -0.2) is 28.2 Å². The van der Waals surface area contributed by atoms with Crippen molar-refractivity contribution in [2.45, 2.75) is 50.5 Å². The number of rotatable bonds is 4. The van der Waals surface area contributed by atoms with Gasteiger partial charge in [0.05, 0.1) is 4.90 Å². The average molecular weight is 351 g/mol. The quantitative estimate of drug-likeness (QED) is 0.725. The molecule has 1 aliphatic carbocycles. The van der Waals surface area contributed by atoms with E-state index < -0.39 is 22.6 Å². The summed E-state index contributed by atoms with van der Waals surface area (Å²) in [5.74, 6) is -0.309. The Labute approximate surface area is 145 Å². The zero-order valence-corrected chi connectivity index (χ0v) is 15.2. The van der Waals surface area contributed by atoms with Crippen molar-refractivity contribution in [3.05, 3.63) is 29.8 Å². The molecule has 1 aromatic carbocycles. The number of hydrogen-bond donors (Lipinski definition) is 3. The molecule has 1 aliphatic heterocycles. The molecule has 1 saturated heterocycles. The fraction of sp³-hybridized carbons (Fsp3) is 0.529. The third-order valence-corrected chi connectivity index (χ3v) is 5.61. The number of imide groups is 1. The van der Waals surface area contributed by atoms with Gasteiger partial charge in [0.15, 0.2) is 0 Å². The van der Waals surface area contributed by atoms with Gasteiger partial charge in [-0.2, -0.15) is 0 Å². The molecule has 3 N–H and O–H groups in total. The molecule has 1 saturated carbocycles. The molecule has 2 fully saturated rings. The molecular weight excluding hydrogens is 326 g/mol. The normalized spacial score (nSPS) is 26.5. The third-order valence-electron chi connectivity index (χ3n) is 4.49. The van der Waals surface area contributed by atoms with Crippen LogP contribution in [0.15, 0.2) is 29.2 Å². The van der Waals surface area contributed by atoms with E-state index in [1.807, 2.05) is 45.0 Å². The van der Waals surface area contributed by atoms with Crippen LogP contribution in [0.2, 0.25) is 0 Å². The first-order chi connectivity index (χ1) is 11.5. The summed E-state index contributed by atoms with van der Waals surface area (Å²) < 4.78 is 15.3. The SMILES string of the molecule is CC.Cc1ccc(S(=O)NCC2CCCC23NC(=O)NC3=O)cc1. The van der Waals surface area contributed by atoms with Crippen molar-refractivity contribution in [1.29, 1.82) is 0 Å². The van der Waals surface area contributed by atoms with E-state index in [0.717, 1.165) is 18.4 Å². The van der Waals surface area contributed by atoms with Crippen molar-refractivity contribution in [2.24, 2.45) is 5.92 Å². The highest BCUT2D eigenvalue weighted by Gasteiger charge is 2.54. The van der Waals surface area contributed by atoms with Gasteiger partial charge in [-0.3, -0.25) is 10.1 Å². The number of hydrogen-bond acceptors (Lipinski definition) is 3. The molecule has 0 aromatic heterocycles. The van der Waals surface area contributed by atoms with Crippen molar-refractivity contribution in [3.8, 4) is 0 Å². The van der Waals surface area contributed by atoms with E-state index >= 15 is 0 Å². The monoisotopic (exact) mass is 351 g/mol. The Bertz CT molecular complexity index is 632. The van der Waals surface area contributed by atoms with E-state index in [4.69, 9.17) is 0 Å². The van der Waals surface area contributed by atoms with E-state index in [9.17, 15) is 13.8 Å². The fourth-order valence-electron chi connectivity index (χ4n) is 3.24. The highest BCUT2D eigenvalue weighted by molar-refractivity contribution is 7.83. The number of aryl methyl sites for hydroxylation is 1. The molecule has 0 bridgehead atoms. The second-order valence-corrected chi connectivity index (χ2v) is 7.20. The number of carbonyl (C=O) groups excluding carboxylic acids is 2. The Morgan fingerprint density at radius 1 is 1.25 bits per heavy atom. The lowest BCUT2D eigenvalue weighted by Crippen LogP contribution is -2.52. The van der Waals surface area contributed by atoms with E-state index in [0.29, 0.717) is 17.9 Å². The number of amides is 3. The summed E-state index contributed by atoms with van der Waals surface area (Å²) in [5.41, 5.74) is 0.280. The van der Waals surface area contributed by atoms with Crippen LogP contribution in [0.1, 0.15) is 38.7 Å². The molecule has 24 heavy (non-hydrogen) atoms. The standard InChI is InChI=1S/C15H19N3O3S.C2H6/c1-10-4-6-12(7-5-10)22(21)16-9-11-3-2-8-15(11)13(19)17-14(20)18-15;1-2/h4-7,11,16H,2-3,8-9H2,1H3,(H2,17,18,19,20);1-2H3. The minimum absolute atomic E-state index is 0.0478. The maximum atomic E-state index is 12.3. The highest BCUT2D eigenvalue weighted by atomic mass is 32.2. The molecule has 0 radical (unpaired) electrons. The van der Waals surface area contributed by atoms with Crippen LogP contribution in [0.4, 0.5) is 4.79 Å². The lowest BCUT2D eigenvalue weighted by molar-refractivity contribution is -0.125. The van der Waals surface area contributed by atoms with Crippen molar-refractivity contribution in [2.75, 3.05) is 6.54 Å². The summed E-state index contributed by atoms with van der Waals surface area (Å²) >= 11 is 0. The highest BCUT2D eigenvalue weighted by Crippen LogP contribution is 2.37. The zero-order chi connectivity index (χ0) is 17.7. The van der Waals surface area contributed by atoms with Crippen LogP contribution >= 0.6 is 0 Å². The molecule has 3 amide bonds. The summed E-state index contributed by atoms with van der Waals surface area (Å²) in [6, 6.07) is 7.05. The second-order valence-electron chi connectivity index (χ2n) is 5.90. The van der Waals surface area contributed by atoms with E-state index in [1.165, 1.54) is 0 Å². The summed E-state index contributed by atoms with van der Waals surface area (Å²) in [5, 5.41) is 5.07. The maximum Gasteiger partial charge on any atom is 0.322 e. The molecule has 3 unspecified atom stereocenters. The Balaban J connectivity index is 0.00000100. The fourth-order valence-corrected chi connectivity index (χ4v) is 4.15. The Morgan fingerprint density at radius 3 is 2.50 bits per heavy atom. The largest absolute Gasteiger partial charge is 0.323 e. The minimum atomic E-state index is -1.32. The first-order valence-electron chi connectivity index (χ1n) is 8.37. The van der Waals surface area contributed by atoms with E-state index in [2.05, 4.69) is 15.4 Å². The molecule has 3 rings (SSSR count). The van der Waals surface area contributed by atoms with Crippen LogP contribution in [0.25, 0.3) is 0 Å². The third kappa shape index (κ3) is 3.67. The summed E-state index contributed by atoms with van der Waals surface area (Å²) in [4.78, 5) is 24.2. The summed E-state index contributed by atoms with van der Waals surface area (Å²) in [6.07, 6.45) is 2.33. The number of nitrogens with one attached hydrogen (secondary N) is 3. The van der Waals surface area contributed by atoms with Gasteiger partial charge in [-0.15, -0.1) is 0 Å². The van der Waals surface area contributed by atoms with Crippen molar-refractivity contribution < 1.29 is 13.8 Å². The van der Waals surface area contributed by atoms with Gasteiger partial charge in [0.25, 0.3) is 5.91 Å². The van der Waals surface area contributed by atoms with Gasteiger partial charge in [0.1, 0.15) is 16.5 Å². The van der Waals surface area contributed by atoms with Gasteiger partial charge in [0.2, 0.25) is 0 Å². The first-order valence-corrected chi connectivity index (χ1v) is 9.52. The van der Waals surface area contributed by atoms with Gasteiger partial charge >= 0.3 is 6.03 Å². The van der Waals surface area contributed by atoms with Gasteiger partial charge in [-0.25, -0.2) is 13.7 Å². The second kappa shape index (κ2) is 7.90. The maximum absolute atomic E-state index is 12.3. The first kappa shape index (κ1) is 18.6. The Morgan fingerprint density at radius 2 is 1.92 bits per heavy atom. The molecule has 7 heteroatoms. The summed E-state index contributed by atoms with van der Waals surface area (Å²) in [7, 11) is -1.32. The molecule has 3 atom stereocenters. The molecular formula is C17H25N3O3S. The molecule has 132 valence electrons. The van der Waals surface area contributed by atoms with Crippen molar-refractivity contribution in [3.63, 3.8) is 0 Å². The van der Waals surface area contributed by atoms with Crippen LogP contribution in [0, 0.1) is 12.8 Å². The van der Waals surface area contributed by atoms with Crippen LogP contribution < -0.4 is 15.4 Å². The molecule has 1 aromatic rings. The Kier molecular flexibility index (Phi) is 6.12. The van der Waals surface area contributed by atoms with Crippen LogP contribution in [0.3, 0.4) is 0 Å². The topological polar surface area (TPSA) is 87.3 Å². The molecule has 6 nitrogen and oxygen atoms in total. The smallest absolute Gasteiger partial charge is 0.322 e. The van der Waals surface area contributed by atoms with Gasteiger partial charge in [-0.05, 0) is 31.9 Å². The Hall–Kier alpha value is -1.73. The van der Waals surface area contributed by atoms with E-state index in [-0.39, 0.29) is 11.8 Å². The van der Waals surface area contributed by atoms with Crippen LogP contribution in [0.5, 0.6) is 0 Å². The molecule has 2 aliphatic rings. The van der Waals surface area contributed by atoms with Gasteiger partial charge in [-0.1, -0.05) is 38.0 Å². The predicted molar refractivity (Wildman–Crippen MR) is 93.7 cm³/mol. The van der Waals surface area contributed by atoms with Crippen molar-refractivity contribution in [1.82, 2.24) is 15.4 Å². The number of benzene rings is 1. The van der Waals surface area contributed by atoms with Gasteiger partial charge < -0.3 is 5.32 Å². The lowest BCUT2D eigenvalue weighted by Gasteiger charge is -2.28. The molecule has 1 heterocycles. The average Bonchev–Trinajstić information content (AvgIpc) is 3.11.